The van der Waals surface area contributed by atoms with E-state index in [-0.39, 0.29) is 17.5 Å². The molecule has 2 aromatic rings. The molecule has 1 aromatic heterocycles. The maximum absolute atomic E-state index is 13.8. The molecule has 25 heavy (non-hydrogen) atoms. The van der Waals surface area contributed by atoms with Crippen LogP contribution in [0.2, 0.25) is 0 Å². The van der Waals surface area contributed by atoms with Crippen molar-refractivity contribution in [3.05, 3.63) is 64.5 Å². The van der Waals surface area contributed by atoms with Gasteiger partial charge in [0.15, 0.2) is 23.3 Å². The van der Waals surface area contributed by atoms with Gasteiger partial charge in [0.2, 0.25) is 0 Å². The van der Waals surface area contributed by atoms with Crippen LogP contribution in [0.15, 0.2) is 35.0 Å². The molecular weight excluding hydrogens is 335 g/mol. The van der Waals surface area contributed by atoms with E-state index in [1.807, 2.05) is 0 Å². The second-order valence-corrected chi connectivity index (χ2v) is 5.34. The van der Waals surface area contributed by atoms with Crippen molar-refractivity contribution in [2.24, 2.45) is 16.5 Å². The molecule has 2 rings (SSSR count). The second-order valence-electron chi connectivity index (χ2n) is 5.34. The largest absolute Gasteiger partial charge is 0.402 e. The third kappa shape index (κ3) is 4.54. The molecule has 132 valence electrons. The number of nitrogens with zero attached hydrogens (tertiary/aromatic N) is 3. The Kier molecular flexibility index (Phi) is 5.38. The van der Waals surface area contributed by atoms with Crippen molar-refractivity contribution >= 4 is 11.7 Å². The predicted molar refractivity (Wildman–Crippen MR) is 86.4 cm³/mol. The van der Waals surface area contributed by atoms with E-state index in [0.717, 1.165) is 0 Å². The summed E-state index contributed by atoms with van der Waals surface area (Å²) in [5.74, 6) is -3.85. The lowest BCUT2D eigenvalue weighted by Crippen LogP contribution is -2.12. The van der Waals surface area contributed by atoms with Crippen molar-refractivity contribution in [1.82, 2.24) is 9.97 Å². The number of halogens is 3. The van der Waals surface area contributed by atoms with Crippen LogP contribution >= 0.6 is 0 Å². The first kappa shape index (κ1) is 18.4. The van der Waals surface area contributed by atoms with Crippen molar-refractivity contribution in [2.45, 2.75) is 20.0 Å². The molecule has 0 aliphatic carbocycles. The summed E-state index contributed by atoms with van der Waals surface area (Å²) in [6.45, 7) is 3.22. The minimum atomic E-state index is -1.71. The molecular formula is C16H16F3N5O. The Balaban J connectivity index is 2.46. The molecule has 0 spiro atoms. The van der Waals surface area contributed by atoms with E-state index in [0.29, 0.717) is 23.5 Å². The first-order valence-electron chi connectivity index (χ1n) is 7.13. The summed E-state index contributed by atoms with van der Waals surface area (Å²) in [6, 6.07) is 2.37. The van der Waals surface area contributed by atoms with Gasteiger partial charge < -0.3 is 16.6 Å². The summed E-state index contributed by atoms with van der Waals surface area (Å²) < 4.78 is 40.2. The number of nitrogens with two attached hydrogens (primary N) is 2. The SMILES string of the molecule is C/C(N)=C/C(N)=Nc1cc(C)nc([C@@H](O)c2cc(F)c(F)cc2F)n1. The summed E-state index contributed by atoms with van der Waals surface area (Å²) in [7, 11) is 0. The monoisotopic (exact) mass is 351 g/mol. The fourth-order valence-corrected chi connectivity index (χ4v) is 2.04. The van der Waals surface area contributed by atoms with Crippen molar-refractivity contribution in [2.75, 3.05) is 0 Å². The Labute approximate surface area is 141 Å². The predicted octanol–water partition coefficient (Wildman–Crippen LogP) is 2.14. The Morgan fingerprint density at radius 3 is 2.40 bits per heavy atom. The number of hydrogen-bond acceptors (Lipinski definition) is 5. The second kappa shape index (κ2) is 7.31. The lowest BCUT2D eigenvalue weighted by molar-refractivity contribution is 0.203. The van der Waals surface area contributed by atoms with Crippen molar-refractivity contribution in [3.8, 4) is 0 Å². The summed E-state index contributed by atoms with van der Waals surface area (Å²) in [5, 5.41) is 10.3. The number of hydrogen-bond donors (Lipinski definition) is 3. The zero-order valence-electron chi connectivity index (χ0n) is 13.5. The molecule has 0 saturated heterocycles. The summed E-state index contributed by atoms with van der Waals surface area (Å²) >= 11 is 0. The number of aliphatic hydroxyl groups is 1. The highest BCUT2D eigenvalue weighted by molar-refractivity contribution is 5.93. The van der Waals surface area contributed by atoms with E-state index in [4.69, 9.17) is 11.5 Å². The lowest BCUT2D eigenvalue weighted by Gasteiger charge is -2.12. The molecule has 0 radical (unpaired) electrons. The fraction of sp³-hybridized carbons (Fsp3) is 0.188. The molecule has 0 fully saturated rings. The van der Waals surface area contributed by atoms with Crippen LogP contribution in [-0.2, 0) is 0 Å². The third-order valence-corrected chi connectivity index (χ3v) is 3.06. The highest BCUT2D eigenvalue weighted by atomic mass is 19.2. The van der Waals surface area contributed by atoms with Gasteiger partial charge in [-0.15, -0.1) is 0 Å². The van der Waals surface area contributed by atoms with Gasteiger partial charge in [-0.2, -0.15) is 0 Å². The van der Waals surface area contributed by atoms with Gasteiger partial charge in [0.05, 0.1) is 0 Å². The normalized spacial score (nSPS) is 13.8. The van der Waals surface area contributed by atoms with Gasteiger partial charge in [0.1, 0.15) is 17.8 Å². The van der Waals surface area contributed by atoms with Gasteiger partial charge in [-0.05, 0) is 26.0 Å². The molecule has 0 aliphatic rings. The average molecular weight is 351 g/mol. The highest BCUT2D eigenvalue weighted by Crippen LogP contribution is 2.25. The zero-order chi connectivity index (χ0) is 18.7. The van der Waals surface area contributed by atoms with Gasteiger partial charge in [-0.1, -0.05) is 0 Å². The van der Waals surface area contributed by atoms with E-state index in [9.17, 15) is 18.3 Å². The van der Waals surface area contributed by atoms with Crippen LogP contribution in [0, 0.1) is 24.4 Å². The molecule has 0 aliphatic heterocycles. The van der Waals surface area contributed by atoms with E-state index in [2.05, 4.69) is 15.0 Å². The van der Waals surface area contributed by atoms with Crippen LogP contribution in [0.4, 0.5) is 19.0 Å². The quantitative estimate of drug-likeness (QED) is 0.444. The van der Waals surface area contributed by atoms with Crippen molar-refractivity contribution < 1.29 is 18.3 Å². The number of benzene rings is 1. The van der Waals surface area contributed by atoms with Crippen LogP contribution in [-0.4, -0.2) is 20.9 Å². The Morgan fingerprint density at radius 1 is 1.12 bits per heavy atom. The number of allylic oxidation sites excluding steroid dienone is 1. The van der Waals surface area contributed by atoms with E-state index < -0.39 is 29.1 Å². The van der Waals surface area contributed by atoms with E-state index >= 15 is 0 Å². The van der Waals surface area contributed by atoms with Crippen molar-refractivity contribution in [1.29, 1.82) is 0 Å². The Bertz CT molecular complexity index is 863. The van der Waals surface area contributed by atoms with Crippen molar-refractivity contribution in [3.63, 3.8) is 0 Å². The smallest absolute Gasteiger partial charge is 0.164 e. The van der Waals surface area contributed by atoms with Gasteiger partial charge in [0, 0.05) is 29.1 Å². The van der Waals surface area contributed by atoms with Crippen LogP contribution < -0.4 is 11.5 Å². The van der Waals surface area contributed by atoms with Gasteiger partial charge in [-0.3, -0.25) is 0 Å². The average Bonchev–Trinajstić information content (AvgIpc) is 2.48. The maximum Gasteiger partial charge on any atom is 0.164 e. The fourth-order valence-electron chi connectivity index (χ4n) is 2.04. The molecule has 0 bridgehead atoms. The molecule has 9 heteroatoms. The summed E-state index contributed by atoms with van der Waals surface area (Å²) in [5.41, 5.74) is 11.5. The maximum atomic E-state index is 13.8. The minimum absolute atomic E-state index is 0.0672. The third-order valence-electron chi connectivity index (χ3n) is 3.06. The number of aliphatic hydroxyl groups excluding tert-OH is 1. The molecule has 1 aromatic carbocycles. The molecule has 0 unspecified atom stereocenters. The van der Waals surface area contributed by atoms with Gasteiger partial charge in [-0.25, -0.2) is 28.1 Å². The Morgan fingerprint density at radius 2 is 1.76 bits per heavy atom. The topological polar surface area (TPSA) is 110 Å². The number of amidine groups is 1. The molecule has 1 heterocycles. The van der Waals surface area contributed by atoms with Crippen LogP contribution in [0.1, 0.15) is 30.1 Å². The number of rotatable bonds is 4. The number of aryl methyl sites for hydroxylation is 1. The number of aromatic nitrogens is 2. The molecule has 0 saturated carbocycles. The minimum Gasteiger partial charge on any atom is -0.402 e. The summed E-state index contributed by atoms with van der Waals surface area (Å²) in [4.78, 5) is 11.9. The zero-order valence-corrected chi connectivity index (χ0v) is 13.5. The molecule has 5 N–H and O–H groups in total. The standard InChI is InChI=1S/C16H16F3N5O/c1-7(20)3-13(21)23-14-4-8(2)22-16(24-14)15(25)9-5-11(18)12(19)6-10(9)17/h3-6,15,25H,20H2,1-2H3,(H2,21,22,23,24)/b7-3-/t15-/m0/s1. The molecule has 1 atom stereocenters. The van der Waals surface area contributed by atoms with E-state index in [1.165, 1.54) is 12.1 Å². The van der Waals surface area contributed by atoms with Gasteiger partial charge >= 0.3 is 0 Å². The van der Waals surface area contributed by atoms with Gasteiger partial charge in [0.25, 0.3) is 0 Å². The first-order chi connectivity index (χ1) is 11.7. The molecule has 0 amide bonds. The first-order valence-corrected chi connectivity index (χ1v) is 7.13. The van der Waals surface area contributed by atoms with Crippen LogP contribution in [0.3, 0.4) is 0 Å². The van der Waals surface area contributed by atoms with Crippen LogP contribution in [0.25, 0.3) is 0 Å². The Hall–Kier alpha value is -2.94. The highest BCUT2D eigenvalue weighted by Gasteiger charge is 2.21. The number of aliphatic imine (C=N–C) groups is 1. The lowest BCUT2D eigenvalue weighted by atomic mass is 10.1. The van der Waals surface area contributed by atoms with Crippen LogP contribution in [0.5, 0.6) is 0 Å². The molecule has 6 nitrogen and oxygen atoms in total. The summed E-state index contributed by atoms with van der Waals surface area (Å²) in [6.07, 6.45) is -0.306. The van der Waals surface area contributed by atoms with E-state index in [1.54, 1.807) is 13.8 Å².